The number of piperidine rings is 1. The Morgan fingerprint density at radius 2 is 2.00 bits per heavy atom. The first-order valence-electron chi connectivity index (χ1n) is 6.43. The summed E-state index contributed by atoms with van der Waals surface area (Å²) in [5, 5.41) is 0.466. The van der Waals surface area contributed by atoms with Gasteiger partial charge in [0.05, 0.1) is 5.52 Å². The smallest absolute Gasteiger partial charge is 0.161 e. The molecule has 0 bridgehead atoms. The van der Waals surface area contributed by atoms with E-state index in [-0.39, 0.29) is 11.7 Å². The minimum atomic E-state index is -0.927. The van der Waals surface area contributed by atoms with E-state index in [1.54, 1.807) is 0 Å². The predicted molar refractivity (Wildman–Crippen MR) is 70.5 cm³/mol. The number of hydrogen-bond donors (Lipinski definition) is 0. The zero-order chi connectivity index (χ0) is 14.3. The standard InChI is InChI=1S/C14H13F2N3O/c1-8-6-19(3-2-13(8)20)14-9-4-10(15)11(16)5-12(9)17-7-18-14/h4-5,7-8H,2-3,6H2,1H3/t8-/m0/s1. The van der Waals surface area contributed by atoms with Crippen molar-refractivity contribution in [1.82, 2.24) is 9.97 Å². The lowest BCUT2D eigenvalue weighted by atomic mass is 9.98. The molecule has 20 heavy (non-hydrogen) atoms. The van der Waals surface area contributed by atoms with Gasteiger partial charge in [0, 0.05) is 36.9 Å². The number of anilines is 1. The van der Waals surface area contributed by atoms with Gasteiger partial charge in [-0.15, -0.1) is 0 Å². The van der Waals surface area contributed by atoms with Crippen LogP contribution in [0.1, 0.15) is 13.3 Å². The molecule has 3 rings (SSSR count). The van der Waals surface area contributed by atoms with Crippen LogP contribution >= 0.6 is 0 Å². The Hall–Kier alpha value is -2.11. The van der Waals surface area contributed by atoms with Gasteiger partial charge in [-0.25, -0.2) is 18.7 Å². The van der Waals surface area contributed by atoms with Crippen LogP contribution in [-0.4, -0.2) is 28.8 Å². The van der Waals surface area contributed by atoms with Crippen molar-refractivity contribution in [3.8, 4) is 0 Å². The maximum absolute atomic E-state index is 13.4. The number of hydrogen-bond acceptors (Lipinski definition) is 4. The predicted octanol–water partition coefficient (Wildman–Crippen LogP) is 2.32. The molecule has 1 fully saturated rings. The molecule has 0 aliphatic carbocycles. The molecule has 0 saturated carbocycles. The SMILES string of the molecule is C[C@H]1CN(c2ncnc3cc(F)c(F)cc23)CCC1=O. The molecule has 0 amide bonds. The highest BCUT2D eigenvalue weighted by Gasteiger charge is 2.25. The summed E-state index contributed by atoms with van der Waals surface area (Å²) in [6.07, 6.45) is 1.77. The Balaban J connectivity index is 2.07. The lowest BCUT2D eigenvalue weighted by Crippen LogP contribution is -2.40. The molecule has 1 aromatic heterocycles. The van der Waals surface area contributed by atoms with Gasteiger partial charge in [-0.3, -0.25) is 4.79 Å². The van der Waals surface area contributed by atoms with Gasteiger partial charge in [-0.05, 0) is 6.07 Å². The van der Waals surface area contributed by atoms with Gasteiger partial charge in [0.2, 0.25) is 0 Å². The van der Waals surface area contributed by atoms with Crippen molar-refractivity contribution in [2.75, 3.05) is 18.0 Å². The van der Waals surface area contributed by atoms with Gasteiger partial charge in [0.15, 0.2) is 11.6 Å². The maximum atomic E-state index is 13.4. The summed E-state index contributed by atoms with van der Waals surface area (Å²) in [5.74, 6) is -1.16. The third kappa shape index (κ3) is 2.11. The fourth-order valence-corrected chi connectivity index (χ4v) is 2.50. The lowest BCUT2D eigenvalue weighted by molar-refractivity contribution is -0.122. The number of Topliss-reactive ketones (excluding diaryl/α,β-unsaturated/α-hetero) is 1. The third-order valence-corrected chi connectivity index (χ3v) is 3.63. The zero-order valence-electron chi connectivity index (χ0n) is 10.9. The third-order valence-electron chi connectivity index (χ3n) is 3.63. The van der Waals surface area contributed by atoms with Crippen LogP contribution in [-0.2, 0) is 4.79 Å². The highest BCUT2D eigenvalue weighted by atomic mass is 19.2. The monoisotopic (exact) mass is 277 g/mol. The van der Waals surface area contributed by atoms with E-state index >= 15 is 0 Å². The van der Waals surface area contributed by atoms with E-state index in [4.69, 9.17) is 0 Å². The van der Waals surface area contributed by atoms with E-state index in [2.05, 4.69) is 9.97 Å². The summed E-state index contributed by atoms with van der Waals surface area (Å²) in [6.45, 7) is 2.93. The van der Waals surface area contributed by atoms with Crippen molar-refractivity contribution in [2.24, 2.45) is 5.92 Å². The van der Waals surface area contributed by atoms with Crippen LogP contribution in [0.25, 0.3) is 10.9 Å². The minimum absolute atomic E-state index is 0.0842. The average Bonchev–Trinajstić information content (AvgIpc) is 2.43. The Labute approximate surface area is 114 Å². The Kier molecular flexibility index (Phi) is 3.08. The number of carbonyl (C=O) groups is 1. The van der Waals surface area contributed by atoms with Crippen LogP contribution in [0.2, 0.25) is 0 Å². The number of benzene rings is 1. The molecule has 2 aromatic rings. The number of carbonyl (C=O) groups excluding carboxylic acids is 1. The second-order valence-electron chi connectivity index (χ2n) is 5.04. The topological polar surface area (TPSA) is 46.1 Å². The van der Waals surface area contributed by atoms with Crippen LogP contribution in [0.3, 0.4) is 0 Å². The molecular weight excluding hydrogens is 264 g/mol. The van der Waals surface area contributed by atoms with Crippen molar-refractivity contribution in [1.29, 1.82) is 0 Å². The summed E-state index contributed by atoms with van der Waals surface area (Å²) < 4.78 is 26.7. The second kappa shape index (κ2) is 4.77. The first-order valence-corrected chi connectivity index (χ1v) is 6.43. The van der Waals surface area contributed by atoms with Gasteiger partial charge in [0.25, 0.3) is 0 Å². The largest absolute Gasteiger partial charge is 0.355 e. The molecule has 6 heteroatoms. The first-order chi connectivity index (χ1) is 9.56. The molecule has 0 N–H and O–H groups in total. The van der Waals surface area contributed by atoms with Crippen LogP contribution in [0.5, 0.6) is 0 Å². The van der Waals surface area contributed by atoms with Crippen molar-refractivity contribution in [2.45, 2.75) is 13.3 Å². The lowest BCUT2D eigenvalue weighted by Gasteiger charge is -2.31. The van der Waals surface area contributed by atoms with E-state index in [0.717, 1.165) is 12.1 Å². The molecule has 1 atom stereocenters. The summed E-state index contributed by atoms with van der Waals surface area (Å²) >= 11 is 0. The molecule has 1 aliphatic rings. The van der Waals surface area contributed by atoms with E-state index in [9.17, 15) is 13.6 Å². The van der Waals surface area contributed by atoms with E-state index in [1.165, 1.54) is 6.33 Å². The molecule has 1 aromatic carbocycles. The molecule has 4 nitrogen and oxygen atoms in total. The molecule has 0 spiro atoms. The van der Waals surface area contributed by atoms with E-state index < -0.39 is 11.6 Å². The fraction of sp³-hybridized carbons (Fsp3) is 0.357. The molecule has 104 valence electrons. The summed E-state index contributed by atoms with van der Waals surface area (Å²) in [6, 6.07) is 2.18. The van der Waals surface area contributed by atoms with Crippen LogP contribution in [0, 0.1) is 17.6 Å². The number of aromatic nitrogens is 2. The number of fused-ring (bicyclic) bond motifs is 1. The zero-order valence-corrected chi connectivity index (χ0v) is 10.9. The molecule has 0 unspecified atom stereocenters. The van der Waals surface area contributed by atoms with Crippen molar-refractivity contribution >= 4 is 22.5 Å². The van der Waals surface area contributed by atoms with Crippen molar-refractivity contribution < 1.29 is 13.6 Å². The number of ketones is 1. The van der Waals surface area contributed by atoms with Crippen LogP contribution in [0.15, 0.2) is 18.5 Å². The number of nitrogens with zero attached hydrogens (tertiary/aromatic N) is 3. The highest BCUT2D eigenvalue weighted by Crippen LogP contribution is 2.27. The van der Waals surface area contributed by atoms with E-state index in [0.29, 0.717) is 36.2 Å². The second-order valence-corrected chi connectivity index (χ2v) is 5.04. The Bertz CT molecular complexity index is 689. The quantitative estimate of drug-likeness (QED) is 0.802. The molecule has 1 aliphatic heterocycles. The summed E-state index contributed by atoms with van der Waals surface area (Å²) in [5.41, 5.74) is 0.360. The number of rotatable bonds is 1. The first kappa shape index (κ1) is 12.9. The van der Waals surface area contributed by atoms with Crippen LogP contribution < -0.4 is 4.90 Å². The highest BCUT2D eigenvalue weighted by molar-refractivity contribution is 5.91. The molecular formula is C14H13F2N3O. The Morgan fingerprint density at radius 3 is 2.75 bits per heavy atom. The summed E-state index contributed by atoms with van der Waals surface area (Å²) in [7, 11) is 0. The minimum Gasteiger partial charge on any atom is -0.355 e. The maximum Gasteiger partial charge on any atom is 0.161 e. The normalized spacial score (nSPS) is 19.6. The van der Waals surface area contributed by atoms with Gasteiger partial charge in [0.1, 0.15) is 17.9 Å². The number of halogens is 2. The molecule has 0 radical (unpaired) electrons. The van der Waals surface area contributed by atoms with Gasteiger partial charge < -0.3 is 4.90 Å². The molecule has 1 saturated heterocycles. The van der Waals surface area contributed by atoms with Gasteiger partial charge >= 0.3 is 0 Å². The molecule has 2 heterocycles. The van der Waals surface area contributed by atoms with E-state index in [1.807, 2.05) is 11.8 Å². The van der Waals surface area contributed by atoms with Crippen molar-refractivity contribution in [3.05, 3.63) is 30.1 Å². The van der Waals surface area contributed by atoms with Crippen LogP contribution in [0.4, 0.5) is 14.6 Å². The van der Waals surface area contributed by atoms with Gasteiger partial charge in [-0.1, -0.05) is 6.92 Å². The van der Waals surface area contributed by atoms with Gasteiger partial charge in [-0.2, -0.15) is 0 Å². The summed E-state index contributed by atoms with van der Waals surface area (Å²) in [4.78, 5) is 21.6. The average molecular weight is 277 g/mol. The van der Waals surface area contributed by atoms with Crippen molar-refractivity contribution in [3.63, 3.8) is 0 Å². The fourth-order valence-electron chi connectivity index (χ4n) is 2.50. The Morgan fingerprint density at radius 1 is 1.25 bits per heavy atom.